The van der Waals surface area contributed by atoms with Gasteiger partial charge in [-0.15, -0.1) is 0 Å². The Balaban J connectivity index is 0.881. The molecule has 2 aromatic rings. The summed E-state index contributed by atoms with van der Waals surface area (Å²) in [6.45, 7) is 11.0. The maximum absolute atomic E-state index is 13.9. The SMILES string of the molecule is CO[C@H]1C[C@H](O[C@H]2CC[C@@]3(C)C(=CC[C@]4(O)[C@@H]3C[C@@H](OC(=O)/C=C/c3ccccc3)[C@@]3(C)[C@]4(O)CC[C@@]3(O)[C@H](C)OC(=O)c3cccnc3)C2)O[C@H](C)[C@H]1O[C@H]1C[C@@H](OC)[C@H](O[C@H]2C[C@@H](OC)[C@H](O)[C@@H](C)O2)[C@@H](C)O1. The number of hydrogen-bond donors (Lipinski definition) is 4. The summed E-state index contributed by atoms with van der Waals surface area (Å²) in [4.78, 5) is 31.4. The largest absolute Gasteiger partial charge is 0.458 e. The predicted molar refractivity (Wildman–Crippen MR) is 269 cm³/mol. The lowest BCUT2D eigenvalue weighted by Gasteiger charge is -2.67. The summed E-state index contributed by atoms with van der Waals surface area (Å²) in [5, 5.41) is 50.1. The Kier molecular flexibility index (Phi) is 16.6. The molecule has 9 rings (SSSR count). The summed E-state index contributed by atoms with van der Waals surface area (Å²) in [6, 6.07) is 12.5. The number of hydrogen-bond acceptors (Lipinski definition) is 18. The molecule has 0 spiro atoms. The molecule has 0 amide bonds. The Labute approximate surface area is 440 Å². The summed E-state index contributed by atoms with van der Waals surface area (Å²) in [6.07, 6.45) is 2.13. The second-order valence-electron chi connectivity index (χ2n) is 22.5. The van der Waals surface area contributed by atoms with Gasteiger partial charge >= 0.3 is 11.9 Å². The quantitative estimate of drug-likeness (QED) is 0.0945. The van der Waals surface area contributed by atoms with Crippen LogP contribution in [0.15, 0.2) is 72.6 Å². The van der Waals surface area contributed by atoms with E-state index in [2.05, 4.69) is 11.9 Å². The van der Waals surface area contributed by atoms with Gasteiger partial charge in [-0.05, 0) is 102 Å². The highest BCUT2D eigenvalue weighted by Gasteiger charge is 2.81. The predicted octanol–water partition coefficient (Wildman–Crippen LogP) is 5.75. The van der Waals surface area contributed by atoms with Gasteiger partial charge in [-0.1, -0.05) is 55.8 Å². The van der Waals surface area contributed by atoms with Gasteiger partial charge in [0.2, 0.25) is 0 Å². The van der Waals surface area contributed by atoms with Crippen LogP contribution in [0.25, 0.3) is 6.08 Å². The number of aromatic nitrogens is 1. The molecule has 4 aliphatic carbocycles. The van der Waals surface area contributed by atoms with E-state index in [1.54, 1.807) is 60.3 Å². The average Bonchev–Trinajstić information content (AvgIpc) is 3.79. The molecule has 414 valence electrons. The van der Waals surface area contributed by atoms with E-state index in [1.807, 2.05) is 50.3 Å². The number of carbonyl (C=O) groups excluding carboxylic acids is 2. The van der Waals surface area contributed by atoms with Gasteiger partial charge in [-0.3, -0.25) is 4.98 Å². The number of aliphatic hydroxyl groups excluding tert-OH is 1. The van der Waals surface area contributed by atoms with Crippen LogP contribution < -0.4 is 0 Å². The van der Waals surface area contributed by atoms with Crippen molar-refractivity contribution in [2.75, 3.05) is 21.3 Å². The molecule has 21 atom stereocenters. The Morgan fingerprint density at radius 2 is 1.39 bits per heavy atom. The highest BCUT2D eigenvalue weighted by Crippen LogP contribution is 2.71. The van der Waals surface area contributed by atoms with Crippen LogP contribution in [0.5, 0.6) is 0 Å². The lowest BCUT2D eigenvalue weighted by atomic mass is 9.42. The van der Waals surface area contributed by atoms with Crippen molar-refractivity contribution in [2.24, 2.45) is 16.7 Å². The number of rotatable bonds is 15. The van der Waals surface area contributed by atoms with Gasteiger partial charge in [0, 0.05) is 65.0 Å². The van der Waals surface area contributed by atoms with Crippen molar-refractivity contribution in [3.8, 4) is 0 Å². The first-order valence-corrected chi connectivity index (χ1v) is 26.8. The lowest BCUT2D eigenvalue weighted by molar-refractivity contribution is -0.339. The van der Waals surface area contributed by atoms with Crippen LogP contribution in [0.4, 0.5) is 0 Å². The molecule has 18 heteroatoms. The summed E-state index contributed by atoms with van der Waals surface area (Å²) in [5.74, 6) is -1.99. The van der Waals surface area contributed by atoms with E-state index in [0.717, 1.165) is 11.1 Å². The number of benzene rings is 1. The van der Waals surface area contributed by atoms with E-state index >= 15 is 0 Å². The molecule has 7 aliphatic rings. The fourth-order valence-electron chi connectivity index (χ4n) is 14.2. The van der Waals surface area contributed by atoms with Crippen molar-refractivity contribution in [3.05, 3.63) is 83.7 Å². The minimum Gasteiger partial charge on any atom is -0.458 e. The highest BCUT2D eigenvalue weighted by atomic mass is 16.7. The molecule has 1 aromatic heterocycles. The van der Waals surface area contributed by atoms with Gasteiger partial charge in [0.1, 0.15) is 47.3 Å². The van der Waals surface area contributed by atoms with Gasteiger partial charge in [0.15, 0.2) is 18.9 Å². The van der Waals surface area contributed by atoms with Crippen molar-refractivity contribution in [1.29, 1.82) is 0 Å². The first-order chi connectivity index (χ1) is 35.7. The van der Waals surface area contributed by atoms with Gasteiger partial charge in [0.25, 0.3) is 0 Å². The third-order valence-electron chi connectivity index (χ3n) is 18.7. The highest BCUT2D eigenvalue weighted by molar-refractivity contribution is 5.89. The molecular weight excluding hydrogens is 971 g/mol. The Bertz CT molecular complexity index is 2360. The maximum atomic E-state index is 13.9. The number of ether oxygens (including phenoxy) is 11. The number of carbonyl (C=O) groups is 2. The topological polar surface area (TPSA) is 229 Å². The fourth-order valence-corrected chi connectivity index (χ4v) is 14.2. The molecule has 3 saturated carbocycles. The summed E-state index contributed by atoms with van der Waals surface area (Å²) >= 11 is 0. The number of esters is 2. The number of fused-ring (bicyclic) bond motifs is 5. The zero-order valence-electron chi connectivity index (χ0n) is 44.8. The van der Waals surface area contributed by atoms with E-state index < -0.39 is 125 Å². The normalized spacial score (nSPS) is 44.2. The molecular formula is C57H79NO17. The standard InChI is InChI=1S/C57H79NO17/c1-32-49(60)40(65-7)27-47(68-32)74-51-34(3)70-48(29-42(51)67-9)75-50-33(2)69-46(28-41(50)66-8)72-39-20-21-53(5)38(26-39)19-22-56(63)43(53)30-44(73-45(59)18-17-36-14-11-10-12-15-36)54(6)55(62,23-24-57(54,56)64)35(4)71-52(61)37-16-13-25-58-31-37/h10-19,25,31-35,39-44,46-51,60,62-64H,20-24,26-30H2,1-9H3/b18-17+/t32-,33-,34-,35+,39+,40-,41+,42-,43-,44-,46+,47+,48+,49-,50-,51-,53+,54-,55-,56+,57-/m1/s1. The van der Waals surface area contributed by atoms with E-state index in [4.69, 9.17) is 52.1 Å². The zero-order valence-corrected chi connectivity index (χ0v) is 44.8. The number of nitrogens with zero attached hydrogens (tertiary/aromatic N) is 1. The van der Waals surface area contributed by atoms with Crippen LogP contribution in [0.2, 0.25) is 0 Å². The molecule has 4 heterocycles. The first kappa shape index (κ1) is 56.0. The Morgan fingerprint density at radius 3 is 2.00 bits per heavy atom. The molecule has 4 N–H and O–H groups in total. The van der Waals surface area contributed by atoms with E-state index in [1.165, 1.54) is 18.5 Å². The van der Waals surface area contributed by atoms with Crippen molar-refractivity contribution in [2.45, 2.75) is 215 Å². The zero-order chi connectivity index (χ0) is 53.7. The minimum atomic E-state index is -2.00. The fraction of sp³-hybridized carbons (Fsp3) is 0.702. The van der Waals surface area contributed by atoms with Crippen molar-refractivity contribution in [1.82, 2.24) is 4.98 Å². The maximum Gasteiger partial charge on any atom is 0.340 e. The molecule has 0 bridgehead atoms. The molecule has 6 fully saturated rings. The molecule has 0 radical (unpaired) electrons. The lowest BCUT2D eigenvalue weighted by Crippen LogP contribution is -2.78. The molecule has 18 nitrogen and oxygen atoms in total. The molecule has 1 aromatic carbocycles. The minimum absolute atomic E-state index is 0.0452. The van der Waals surface area contributed by atoms with Crippen LogP contribution in [0, 0.1) is 16.7 Å². The van der Waals surface area contributed by atoms with Crippen molar-refractivity contribution >= 4 is 18.0 Å². The third-order valence-corrected chi connectivity index (χ3v) is 18.7. The molecule has 0 unspecified atom stereocenters. The monoisotopic (exact) mass is 1050 g/mol. The van der Waals surface area contributed by atoms with Gasteiger partial charge in [0.05, 0.1) is 53.7 Å². The van der Waals surface area contributed by atoms with E-state index in [-0.39, 0.29) is 43.5 Å². The van der Waals surface area contributed by atoms with Crippen LogP contribution in [-0.2, 0) is 56.9 Å². The second-order valence-corrected chi connectivity index (χ2v) is 22.5. The van der Waals surface area contributed by atoms with E-state index in [0.29, 0.717) is 38.5 Å². The van der Waals surface area contributed by atoms with Gasteiger partial charge < -0.3 is 72.5 Å². The number of pyridine rings is 1. The van der Waals surface area contributed by atoms with Crippen LogP contribution in [0.3, 0.4) is 0 Å². The average molecular weight is 1050 g/mol. The summed E-state index contributed by atoms with van der Waals surface area (Å²) < 4.78 is 68.6. The smallest absolute Gasteiger partial charge is 0.340 e. The van der Waals surface area contributed by atoms with Crippen molar-refractivity contribution < 1.29 is 82.1 Å². The Morgan fingerprint density at radius 1 is 0.773 bits per heavy atom. The second kappa shape index (κ2) is 22.2. The number of methoxy groups -OCH3 is 3. The molecule has 75 heavy (non-hydrogen) atoms. The van der Waals surface area contributed by atoms with Gasteiger partial charge in [-0.25, -0.2) is 9.59 Å². The van der Waals surface area contributed by atoms with Crippen LogP contribution in [-0.4, -0.2) is 168 Å². The van der Waals surface area contributed by atoms with Gasteiger partial charge in [-0.2, -0.15) is 0 Å². The summed E-state index contributed by atoms with van der Waals surface area (Å²) in [7, 11) is 4.84. The number of aliphatic hydroxyl groups is 4. The molecule has 3 aliphatic heterocycles. The van der Waals surface area contributed by atoms with Crippen molar-refractivity contribution in [3.63, 3.8) is 0 Å². The first-order valence-electron chi connectivity index (χ1n) is 26.8. The third kappa shape index (κ3) is 10.2. The summed E-state index contributed by atoms with van der Waals surface area (Å²) in [5.41, 5.74) is -6.05. The van der Waals surface area contributed by atoms with E-state index in [9.17, 15) is 30.0 Å². The molecule has 3 saturated heterocycles. The van der Waals surface area contributed by atoms with Crippen LogP contribution in [0.1, 0.15) is 122 Å². The van der Waals surface area contributed by atoms with Crippen LogP contribution >= 0.6 is 0 Å². The Hall–Kier alpha value is -3.73.